The van der Waals surface area contributed by atoms with Crippen molar-refractivity contribution in [2.24, 2.45) is 0 Å². The number of para-hydroxylation sites is 1. The Hall–Kier alpha value is -2.71. The quantitative estimate of drug-likeness (QED) is 0.670. The zero-order valence-corrected chi connectivity index (χ0v) is 20.4. The Balaban J connectivity index is 1.99. The fourth-order valence-electron chi connectivity index (χ4n) is 4.32. The molecule has 0 saturated heterocycles. The number of anilines is 1. The van der Waals surface area contributed by atoms with E-state index < -0.39 is 0 Å². The van der Waals surface area contributed by atoms with Gasteiger partial charge in [-0.3, -0.25) is 19.2 Å². The second-order valence-corrected chi connectivity index (χ2v) is 8.76. The molecule has 2 aromatic rings. The van der Waals surface area contributed by atoms with Crippen molar-refractivity contribution >= 4 is 17.5 Å². The number of fused-ring (bicyclic) bond motifs is 1. The number of amides is 2. The van der Waals surface area contributed by atoms with E-state index in [-0.39, 0.29) is 18.4 Å². The lowest BCUT2D eigenvalue weighted by Gasteiger charge is -2.30. The molecule has 0 atom stereocenters. The Morgan fingerprint density at radius 1 is 1.09 bits per heavy atom. The van der Waals surface area contributed by atoms with Gasteiger partial charge in [0, 0.05) is 64.3 Å². The van der Waals surface area contributed by atoms with Crippen LogP contribution < -0.4 is 4.90 Å². The van der Waals surface area contributed by atoms with Crippen molar-refractivity contribution in [3.05, 3.63) is 47.8 Å². The van der Waals surface area contributed by atoms with E-state index in [1.165, 1.54) is 7.11 Å². The highest BCUT2D eigenvalue weighted by Gasteiger charge is 2.26. The largest absolute Gasteiger partial charge is 0.375 e. The van der Waals surface area contributed by atoms with Crippen molar-refractivity contribution in [2.45, 2.75) is 52.7 Å². The summed E-state index contributed by atoms with van der Waals surface area (Å²) >= 11 is 0. The van der Waals surface area contributed by atoms with Gasteiger partial charge in [0.1, 0.15) is 12.3 Å². The number of benzene rings is 1. The van der Waals surface area contributed by atoms with Crippen molar-refractivity contribution in [1.82, 2.24) is 19.6 Å². The number of hydrogen-bond acceptors (Lipinski definition) is 5. The molecule has 1 aromatic carbocycles. The Labute approximate surface area is 197 Å². The summed E-state index contributed by atoms with van der Waals surface area (Å²) in [6, 6.07) is 10.0. The minimum Gasteiger partial charge on any atom is -0.375 e. The van der Waals surface area contributed by atoms with Gasteiger partial charge in [-0.05, 0) is 44.4 Å². The molecule has 0 saturated carbocycles. The molecule has 0 fully saturated rings. The molecule has 2 heterocycles. The number of methoxy groups -OCH3 is 1. The van der Waals surface area contributed by atoms with Gasteiger partial charge in [-0.1, -0.05) is 25.1 Å². The normalized spacial score (nSPS) is 15.9. The molecule has 0 unspecified atom stereocenters. The molecule has 2 amide bonds. The zero-order chi connectivity index (χ0) is 23.8. The predicted octanol–water partition coefficient (Wildman–Crippen LogP) is 3.03. The van der Waals surface area contributed by atoms with Gasteiger partial charge in [0.05, 0.1) is 0 Å². The van der Waals surface area contributed by atoms with Gasteiger partial charge >= 0.3 is 0 Å². The number of carbonyl (C=O) groups excluding carboxylic acids is 2. The molecule has 3 rings (SSSR count). The summed E-state index contributed by atoms with van der Waals surface area (Å²) < 4.78 is 6.94. The smallest absolute Gasteiger partial charge is 0.272 e. The fourth-order valence-corrected chi connectivity index (χ4v) is 4.32. The summed E-state index contributed by atoms with van der Waals surface area (Å²) in [6.07, 6.45) is 3.44. The summed E-state index contributed by atoms with van der Waals surface area (Å²) in [5, 5.41) is 4.35. The molecule has 33 heavy (non-hydrogen) atoms. The predicted molar refractivity (Wildman–Crippen MR) is 129 cm³/mol. The van der Waals surface area contributed by atoms with E-state index in [0.717, 1.165) is 37.2 Å². The highest BCUT2D eigenvalue weighted by molar-refractivity contribution is 5.95. The van der Waals surface area contributed by atoms with Gasteiger partial charge in [0.25, 0.3) is 11.8 Å². The van der Waals surface area contributed by atoms with E-state index in [0.29, 0.717) is 37.9 Å². The van der Waals surface area contributed by atoms with Crippen LogP contribution in [-0.2, 0) is 22.6 Å². The number of carbonyl (C=O) groups is 2. The number of hydrogen-bond donors (Lipinski definition) is 0. The molecular formula is C25H37N5O3. The number of ether oxygens (including phenoxy) is 1. The third-order valence-corrected chi connectivity index (χ3v) is 6.09. The molecule has 180 valence electrons. The number of rotatable bonds is 6. The lowest BCUT2D eigenvalue weighted by Crippen LogP contribution is -2.42. The second kappa shape index (κ2) is 12.0. The maximum Gasteiger partial charge on any atom is 0.272 e. The molecule has 0 aliphatic carbocycles. The Kier molecular flexibility index (Phi) is 9.03. The zero-order valence-electron chi connectivity index (χ0n) is 20.4. The highest BCUT2D eigenvalue weighted by atomic mass is 16.5. The van der Waals surface area contributed by atoms with Crippen LogP contribution in [-0.4, -0.2) is 77.3 Å². The lowest BCUT2D eigenvalue weighted by molar-refractivity contribution is -0.122. The lowest BCUT2D eigenvalue weighted by atomic mass is 10.1. The van der Waals surface area contributed by atoms with E-state index in [1.54, 1.807) is 16.9 Å². The molecule has 0 radical (unpaired) electrons. The van der Waals surface area contributed by atoms with Crippen molar-refractivity contribution in [3.63, 3.8) is 0 Å². The summed E-state index contributed by atoms with van der Waals surface area (Å²) in [6.45, 7) is 10.4. The Bertz CT molecular complexity index is 926. The van der Waals surface area contributed by atoms with Crippen molar-refractivity contribution in [1.29, 1.82) is 0 Å². The monoisotopic (exact) mass is 455 g/mol. The molecule has 8 nitrogen and oxygen atoms in total. The summed E-state index contributed by atoms with van der Waals surface area (Å²) in [5.74, 6) is -0.104. The Morgan fingerprint density at radius 3 is 2.61 bits per heavy atom. The summed E-state index contributed by atoms with van der Waals surface area (Å²) in [4.78, 5) is 32.7. The number of aryl methyl sites for hydroxylation is 1. The highest BCUT2D eigenvalue weighted by Crippen LogP contribution is 2.24. The van der Waals surface area contributed by atoms with Crippen LogP contribution >= 0.6 is 0 Å². The van der Waals surface area contributed by atoms with Crippen LogP contribution in [0.1, 0.15) is 49.7 Å². The average Bonchev–Trinajstić information content (AvgIpc) is 3.24. The standard InChI is InChI=1S/C25H37N5O3/c1-5-13-30-23(11-12-26-30)25(32)28-17-16-27(20(2)3)14-8-15-29(24(31)19-33-4)22-10-7-6-9-21(22)18-28/h6-7,9-12,20H,5,8,13-19H2,1-4H3. The van der Waals surface area contributed by atoms with Crippen LogP contribution in [0.15, 0.2) is 36.5 Å². The first kappa shape index (κ1) is 24.9. The van der Waals surface area contributed by atoms with Gasteiger partial charge in [0.2, 0.25) is 0 Å². The van der Waals surface area contributed by atoms with Crippen molar-refractivity contribution < 1.29 is 14.3 Å². The first-order chi connectivity index (χ1) is 16.0. The molecule has 0 bridgehead atoms. The second-order valence-electron chi connectivity index (χ2n) is 8.76. The molecule has 0 spiro atoms. The maximum absolute atomic E-state index is 13.7. The molecular weight excluding hydrogens is 418 g/mol. The summed E-state index contributed by atoms with van der Waals surface area (Å²) in [7, 11) is 1.54. The van der Waals surface area contributed by atoms with Crippen LogP contribution in [0.2, 0.25) is 0 Å². The van der Waals surface area contributed by atoms with Gasteiger partial charge in [-0.25, -0.2) is 0 Å². The van der Waals surface area contributed by atoms with E-state index in [1.807, 2.05) is 34.1 Å². The molecule has 1 aromatic heterocycles. The molecule has 0 N–H and O–H groups in total. The number of aromatic nitrogens is 2. The minimum atomic E-state index is -0.0702. The van der Waals surface area contributed by atoms with Crippen LogP contribution in [0.3, 0.4) is 0 Å². The van der Waals surface area contributed by atoms with Crippen LogP contribution in [0.5, 0.6) is 0 Å². The topological polar surface area (TPSA) is 70.9 Å². The van der Waals surface area contributed by atoms with E-state index in [9.17, 15) is 9.59 Å². The van der Waals surface area contributed by atoms with E-state index in [2.05, 4.69) is 30.8 Å². The fraction of sp³-hybridized carbons (Fsp3) is 0.560. The van der Waals surface area contributed by atoms with Crippen molar-refractivity contribution in [3.8, 4) is 0 Å². The van der Waals surface area contributed by atoms with E-state index >= 15 is 0 Å². The first-order valence-electron chi connectivity index (χ1n) is 11.9. The Morgan fingerprint density at radius 2 is 1.88 bits per heavy atom. The van der Waals surface area contributed by atoms with Crippen LogP contribution in [0.4, 0.5) is 5.69 Å². The third-order valence-electron chi connectivity index (χ3n) is 6.09. The molecule has 8 heteroatoms. The van der Waals surface area contributed by atoms with Gasteiger partial charge in [0.15, 0.2) is 0 Å². The van der Waals surface area contributed by atoms with Gasteiger partial charge in [-0.2, -0.15) is 5.10 Å². The third kappa shape index (κ3) is 6.21. The van der Waals surface area contributed by atoms with Gasteiger partial charge in [-0.15, -0.1) is 0 Å². The molecule has 1 aliphatic heterocycles. The maximum atomic E-state index is 13.7. The minimum absolute atomic E-state index is 0.0288. The van der Waals surface area contributed by atoms with Crippen LogP contribution in [0.25, 0.3) is 0 Å². The first-order valence-corrected chi connectivity index (χ1v) is 11.9. The average molecular weight is 456 g/mol. The summed E-state index contributed by atoms with van der Waals surface area (Å²) in [5.41, 5.74) is 2.40. The van der Waals surface area contributed by atoms with Gasteiger partial charge < -0.3 is 14.5 Å². The molecule has 1 aliphatic rings. The number of nitrogens with zero attached hydrogens (tertiary/aromatic N) is 5. The van der Waals surface area contributed by atoms with Crippen LogP contribution in [0, 0.1) is 0 Å². The van der Waals surface area contributed by atoms with Crippen molar-refractivity contribution in [2.75, 3.05) is 44.8 Å². The SMILES string of the molecule is CCCn1nccc1C(=O)N1CCN(C(C)C)CCCN(C(=O)COC)c2ccccc2C1. The van der Waals surface area contributed by atoms with E-state index in [4.69, 9.17) is 4.74 Å².